The normalized spacial score (nSPS) is 16.6. The Hall–Kier alpha value is -3.60. The summed E-state index contributed by atoms with van der Waals surface area (Å²) in [5.41, 5.74) is 1.47. The third kappa shape index (κ3) is 3.15. The fourth-order valence-electron chi connectivity index (χ4n) is 2.99. The molecule has 1 atom stereocenters. The zero-order valence-corrected chi connectivity index (χ0v) is 13.9. The summed E-state index contributed by atoms with van der Waals surface area (Å²) in [6, 6.07) is 12.0. The maximum Gasteiger partial charge on any atom is 0.257 e. The highest BCUT2D eigenvalue weighted by atomic mass is 19.2. The summed E-state index contributed by atoms with van der Waals surface area (Å²) in [6.45, 7) is 0.246. The summed E-state index contributed by atoms with van der Waals surface area (Å²) >= 11 is 0. The molecule has 4 rings (SSSR count). The van der Waals surface area contributed by atoms with Crippen molar-refractivity contribution in [1.29, 1.82) is 5.26 Å². The number of nitriles is 1. The van der Waals surface area contributed by atoms with E-state index in [4.69, 9.17) is 9.78 Å². The van der Waals surface area contributed by atoms with E-state index in [9.17, 15) is 13.6 Å². The van der Waals surface area contributed by atoms with Gasteiger partial charge in [-0.25, -0.2) is 8.78 Å². The van der Waals surface area contributed by atoms with E-state index in [-0.39, 0.29) is 36.4 Å². The standard InChI is InChI=1S/C19H12F2N4O2/c20-15-6-5-14(8-16(15)21)25-10-13(7-17(25)26)18-23-19(27-24-18)12-3-1-11(9-22)2-4-12/h1-6,8,13H,7,10H2. The van der Waals surface area contributed by atoms with Gasteiger partial charge in [0.25, 0.3) is 5.89 Å². The molecule has 1 aliphatic rings. The zero-order chi connectivity index (χ0) is 19.0. The molecule has 0 bridgehead atoms. The molecule has 0 spiro atoms. The van der Waals surface area contributed by atoms with Gasteiger partial charge in [-0.3, -0.25) is 4.79 Å². The number of aromatic nitrogens is 2. The van der Waals surface area contributed by atoms with Gasteiger partial charge in [-0.1, -0.05) is 5.16 Å². The number of halogens is 2. The first-order chi connectivity index (χ1) is 13.0. The molecule has 3 aromatic rings. The number of hydrogen-bond donors (Lipinski definition) is 0. The number of benzene rings is 2. The van der Waals surface area contributed by atoms with Gasteiger partial charge in [-0.05, 0) is 36.4 Å². The quantitative estimate of drug-likeness (QED) is 0.709. The van der Waals surface area contributed by atoms with Crippen molar-refractivity contribution in [1.82, 2.24) is 10.1 Å². The van der Waals surface area contributed by atoms with E-state index < -0.39 is 11.6 Å². The van der Waals surface area contributed by atoms with E-state index in [1.807, 2.05) is 6.07 Å². The van der Waals surface area contributed by atoms with Crippen LogP contribution in [-0.2, 0) is 4.79 Å². The third-order valence-electron chi connectivity index (χ3n) is 4.41. The molecule has 8 heteroatoms. The molecular weight excluding hydrogens is 354 g/mol. The molecule has 0 aliphatic carbocycles. The Bertz CT molecular complexity index is 1060. The molecule has 1 amide bonds. The van der Waals surface area contributed by atoms with Crippen LogP contribution in [0, 0.1) is 23.0 Å². The molecule has 134 valence electrons. The Morgan fingerprint density at radius 1 is 1.15 bits per heavy atom. The van der Waals surface area contributed by atoms with Crippen LogP contribution in [0.15, 0.2) is 47.0 Å². The lowest BCUT2D eigenvalue weighted by Crippen LogP contribution is -2.24. The SMILES string of the molecule is N#Cc1ccc(-c2nc(C3CC(=O)N(c4ccc(F)c(F)c4)C3)no2)cc1. The lowest BCUT2D eigenvalue weighted by molar-refractivity contribution is -0.117. The van der Waals surface area contributed by atoms with Crippen molar-refractivity contribution < 1.29 is 18.1 Å². The lowest BCUT2D eigenvalue weighted by Gasteiger charge is -2.16. The zero-order valence-electron chi connectivity index (χ0n) is 13.9. The topological polar surface area (TPSA) is 83.0 Å². The van der Waals surface area contributed by atoms with Gasteiger partial charge in [0, 0.05) is 36.2 Å². The van der Waals surface area contributed by atoms with Crippen LogP contribution in [0.25, 0.3) is 11.5 Å². The predicted octanol–water partition coefficient (Wildman–Crippen LogP) is 3.41. The predicted molar refractivity (Wildman–Crippen MR) is 90.5 cm³/mol. The van der Waals surface area contributed by atoms with Crippen molar-refractivity contribution in [3.8, 4) is 17.5 Å². The molecule has 27 heavy (non-hydrogen) atoms. The van der Waals surface area contributed by atoms with Gasteiger partial charge in [0.1, 0.15) is 0 Å². The minimum atomic E-state index is -1.01. The Morgan fingerprint density at radius 2 is 1.93 bits per heavy atom. The summed E-state index contributed by atoms with van der Waals surface area (Å²) in [6.07, 6.45) is 0.144. The van der Waals surface area contributed by atoms with E-state index >= 15 is 0 Å². The molecule has 0 N–H and O–H groups in total. The van der Waals surface area contributed by atoms with Crippen molar-refractivity contribution in [2.24, 2.45) is 0 Å². The van der Waals surface area contributed by atoms with E-state index in [1.165, 1.54) is 11.0 Å². The second kappa shape index (κ2) is 6.61. The number of nitrogens with zero attached hydrogens (tertiary/aromatic N) is 4. The first-order valence-corrected chi connectivity index (χ1v) is 8.14. The van der Waals surface area contributed by atoms with Gasteiger partial charge in [0.15, 0.2) is 17.5 Å². The van der Waals surface area contributed by atoms with Gasteiger partial charge in [0.05, 0.1) is 11.6 Å². The molecule has 1 aliphatic heterocycles. The van der Waals surface area contributed by atoms with Crippen LogP contribution in [-0.4, -0.2) is 22.6 Å². The van der Waals surface area contributed by atoms with Crippen molar-refractivity contribution >= 4 is 11.6 Å². The first-order valence-electron chi connectivity index (χ1n) is 8.14. The van der Waals surface area contributed by atoms with Crippen LogP contribution in [0.3, 0.4) is 0 Å². The second-order valence-electron chi connectivity index (χ2n) is 6.15. The Labute approximate surface area is 152 Å². The molecule has 2 aromatic carbocycles. The van der Waals surface area contributed by atoms with Crippen molar-refractivity contribution in [2.45, 2.75) is 12.3 Å². The number of hydrogen-bond acceptors (Lipinski definition) is 5. The minimum absolute atomic E-state index is 0.144. The summed E-state index contributed by atoms with van der Waals surface area (Å²) < 4.78 is 31.8. The summed E-state index contributed by atoms with van der Waals surface area (Å²) in [7, 11) is 0. The number of amides is 1. The molecule has 0 saturated carbocycles. The molecule has 0 radical (unpaired) electrons. The molecule has 2 heterocycles. The van der Waals surface area contributed by atoms with Crippen molar-refractivity contribution in [3.05, 3.63) is 65.5 Å². The van der Waals surface area contributed by atoms with Gasteiger partial charge in [-0.2, -0.15) is 10.2 Å². The Morgan fingerprint density at radius 3 is 2.63 bits per heavy atom. The van der Waals surface area contributed by atoms with E-state index in [1.54, 1.807) is 24.3 Å². The third-order valence-corrected chi connectivity index (χ3v) is 4.41. The van der Waals surface area contributed by atoms with Gasteiger partial charge in [0.2, 0.25) is 5.91 Å². The number of rotatable bonds is 3. The summed E-state index contributed by atoms with van der Waals surface area (Å²) in [5, 5.41) is 12.8. The second-order valence-corrected chi connectivity index (χ2v) is 6.15. The largest absolute Gasteiger partial charge is 0.334 e. The van der Waals surface area contributed by atoms with Gasteiger partial charge in [-0.15, -0.1) is 0 Å². The maximum atomic E-state index is 13.5. The van der Waals surface area contributed by atoms with Crippen LogP contribution in [0.1, 0.15) is 23.7 Å². The summed E-state index contributed by atoms with van der Waals surface area (Å²) in [5.74, 6) is -1.86. The highest BCUT2D eigenvalue weighted by Gasteiger charge is 2.35. The molecule has 1 fully saturated rings. The van der Waals surface area contributed by atoms with Gasteiger partial charge >= 0.3 is 0 Å². The summed E-state index contributed by atoms with van der Waals surface area (Å²) in [4.78, 5) is 18.0. The van der Waals surface area contributed by atoms with E-state index in [0.717, 1.165) is 12.1 Å². The van der Waals surface area contributed by atoms with E-state index in [0.29, 0.717) is 17.0 Å². The number of carbonyl (C=O) groups excluding carboxylic acids is 1. The van der Waals surface area contributed by atoms with Gasteiger partial charge < -0.3 is 9.42 Å². The fraction of sp³-hybridized carbons (Fsp3) is 0.158. The average Bonchev–Trinajstić information content (AvgIpc) is 3.31. The Kier molecular flexibility index (Phi) is 4.12. The van der Waals surface area contributed by atoms with Crippen molar-refractivity contribution in [3.63, 3.8) is 0 Å². The monoisotopic (exact) mass is 366 g/mol. The highest BCUT2D eigenvalue weighted by molar-refractivity contribution is 5.96. The van der Waals surface area contributed by atoms with Crippen LogP contribution in [0.4, 0.5) is 14.5 Å². The number of anilines is 1. The van der Waals surface area contributed by atoms with E-state index in [2.05, 4.69) is 10.1 Å². The molecular formula is C19H12F2N4O2. The number of carbonyl (C=O) groups is 1. The molecule has 1 saturated heterocycles. The lowest BCUT2D eigenvalue weighted by atomic mass is 10.1. The maximum absolute atomic E-state index is 13.5. The Balaban J connectivity index is 1.54. The highest BCUT2D eigenvalue weighted by Crippen LogP contribution is 2.32. The fourth-order valence-corrected chi connectivity index (χ4v) is 2.99. The smallest absolute Gasteiger partial charge is 0.257 e. The van der Waals surface area contributed by atoms with Crippen LogP contribution in [0.5, 0.6) is 0 Å². The molecule has 1 unspecified atom stereocenters. The minimum Gasteiger partial charge on any atom is -0.334 e. The first kappa shape index (κ1) is 16.8. The van der Waals surface area contributed by atoms with Crippen LogP contribution in [0.2, 0.25) is 0 Å². The average molecular weight is 366 g/mol. The molecule has 1 aromatic heterocycles. The van der Waals surface area contributed by atoms with Crippen LogP contribution < -0.4 is 4.90 Å². The van der Waals surface area contributed by atoms with Crippen LogP contribution >= 0.6 is 0 Å². The molecule has 6 nitrogen and oxygen atoms in total. The van der Waals surface area contributed by atoms with Crippen molar-refractivity contribution in [2.75, 3.05) is 11.4 Å².